The maximum atomic E-state index is 13.5. The molecule has 0 radical (unpaired) electrons. The van der Waals surface area contributed by atoms with E-state index in [4.69, 9.17) is 4.42 Å². The van der Waals surface area contributed by atoms with Crippen LogP contribution in [0.25, 0.3) is 16.7 Å². The number of guanidine groups is 1. The third-order valence-corrected chi connectivity index (χ3v) is 7.89. The van der Waals surface area contributed by atoms with Crippen molar-refractivity contribution in [2.24, 2.45) is 4.99 Å². The molecule has 0 aliphatic carbocycles. The molecule has 2 aromatic carbocycles. The zero-order valence-corrected chi connectivity index (χ0v) is 24.7. The molecule has 0 unspecified atom stereocenters. The van der Waals surface area contributed by atoms with Crippen molar-refractivity contribution in [1.29, 1.82) is 0 Å². The van der Waals surface area contributed by atoms with Crippen LogP contribution in [-0.2, 0) is 9.59 Å². The molecule has 4 aromatic rings. The standard InChI is InChI=1S/C33H35N7O4/c1-23-18-26-19-27(9-12-29(26)44-23)36-33(37-31(42)24-7-10-28(11-8-24)40-17-13-34-22-40)35-20-25-6-2-3-16-39(32(25)43)21-30(41)38-14-4-5-15-38/h7-13,17-20,22H,2-6,14-16,21H2,1H3,(H2,35,36,37,42)/b25-20+. The SMILES string of the molecule is Cc1cc2cc(NC(=N/C=C3\CCCCN(CC(=O)N4CCCC4)C3=O)NC(=O)c3ccc(-n4ccnc4)cc3)ccc2o1. The van der Waals surface area contributed by atoms with Crippen molar-refractivity contribution in [3.8, 4) is 5.69 Å². The first-order chi connectivity index (χ1) is 21.4. The van der Waals surface area contributed by atoms with Crippen molar-refractivity contribution in [2.75, 3.05) is 31.5 Å². The number of imidazole rings is 1. The fourth-order valence-electron chi connectivity index (χ4n) is 5.54. The van der Waals surface area contributed by atoms with Crippen LogP contribution in [0.5, 0.6) is 0 Å². The van der Waals surface area contributed by atoms with Crippen molar-refractivity contribution in [3.63, 3.8) is 0 Å². The number of aliphatic imine (C=N–C) groups is 1. The number of furan rings is 1. The maximum absolute atomic E-state index is 13.5. The number of hydrogen-bond donors (Lipinski definition) is 2. The molecule has 11 nitrogen and oxygen atoms in total. The Morgan fingerprint density at radius 2 is 1.82 bits per heavy atom. The highest BCUT2D eigenvalue weighted by molar-refractivity contribution is 6.10. The van der Waals surface area contributed by atoms with Crippen molar-refractivity contribution in [2.45, 2.75) is 39.0 Å². The van der Waals surface area contributed by atoms with E-state index in [1.807, 2.05) is 59.0 Å². The Hall–Kier alpha value is -5.19. The first-order valence-corrected chi connectivity index (χ1v) is 14.9. The van der Waals surface area contributed by atoms with E-state index in [-0.39, 0.29) is 30.2 Å². The molecule has 4 heterocycles. The number of anilines is 1. The van der Waals surface area contributed by atoms with Crippen LogP contribution in [0.2, 0.25) is 0 Å². The molecule has 0 bridgehead atoms. The molecular formula is C33H35N7O4. The summed E-state index contributed by atoms with van der Waals surface area (Å²) in [5.74, 6) is 0.381. The Kier molecular flexibility index (Phi) is 8.53. The number of rotatable bonds is 6. The molecule has 0 saturated carbocycles. The zero-order chi connectivity index (χ0) is 30.5. The number of hydrogen-bond acceptors (Lipinski definition) is 6. The summed E-state index contributed by atoms with van der Waals surface area (Å²) in [5, 5.41) is 6.97. The van der Waals surface area contributed by atoms with Gasteiger partial charge in [0, 0.05) is 66.1 Å². The number of nitrogens with one attached hydrogen (secondary N) is 2. The molecule has 2 aliphatic rings. The van der Waals surface area contributed by atoms with Gasteiger partial charge in [-0.3, -0.25) is 19.7 Å². The topological polar surface area (TPSA) is 125 Å². The minimum atomic E-state index is -0.364. The maximum Gasteiger partial charge on any atom is 0.257 e. The van der Waals surface area contributed by atoms with Crippen molar-refractivity contribution >= 4 is 40.3 Å². The fraction of sp³-hybridized carbons (Fsp3) is 0.303. The summed E-state index contributed by atoms with van der Waals surface area (Å²) < 4.78 is 7.54. The molecule has 44 heavy (non-hydrogen) atoms. The lowest BCUT2D eigenvalue weighted by Gasteiger charge is -2.24. The van der Waals surface area contributed by atoms with E-state index >= 15 is 0 Å². The Morgan fingerprint density at radius 1 is 1.02 bits per heavy atom. The minimum absolute atomic E-state index is 0.0147. The molecule has 0 spiro atoms. The van der Waals surface area contributed by atoms with Gasteiger partial charge in [0.2, 0.25) is 11.9 Å². The number of carbonyl (C=O) groups excluding carboxylic acids is 3. The van der Waals surface area contributed by atoms with Gasteiger partial charge in [-0.25, -0.2) is 9.98 Å². The van der Waals surface area contributed by atoms with Crippen molar-refractivity contribution in [3.05, 3.63) is 90.3 Å². The normalized spacial score (nSPS) is 16.9. The summed E-state index contributed by atoms with van der Waals surface area (Å²) >= 11 is 0. The minimum Gasteiger partial charge on any atom is -0.461 e. The van der Waals surface area contributed by atoms with Crippen LogP contribution in [0.3, 0.4) is 0 Å². The second kappa shape index (κ2) is 13.0. The number of aromatic nitrogens is 2. The van der Waals surface area contributed by atoms with Crippen LogP contribution in [0, 0.1) is 6.92 Å². The van der Waals surface area contributed by atoms with Crippen molar-refractivity contribution in [1.82, 2.24) is 24.7 Å². The molecule has 2 saturated heterocycles. The monoisotopic (exact) mass is 593 g/mol. The third kappa shape index (κ3) is 6.72. The van der Waals surface area contributed by atoms with Crippen molar-refractivity contribution < 1.29 is 18.8 Å². The van der Waals surface area contributed by atoms with Gasteiger partial charge in [0.15, 0.2) is 0 Å². The van der Waals surface area contributed by atoms with Gasteiger partial charge in [-0.1, -0.05) is 0 Å². The van der Waals surface area contributed by atoms with Crippen LogP contribution < -0.4 is 10.6 Å². The van der Waals surface area contributed by atoms with Crippen LogP contribution >= 0.6 is 0 Å². The van der Waals surface area contributed by atoms with Crippen LogP contribution in [0.4, 0.5) is 5.69 Å². The predicted octanol–water partition coefficient (Wildman–Crippen LogP) is 4.64. The summed E-state index contributed by atoms with van der Waals surface area (Å²) in [6.45, 7) is 3.98. The van der Waals surface area contributed by atoms with Crippen LogP contribution in [0.15, 0.2) is 88.4 Å². The first kappa shape index (κ1) is 28.9. The zero-order valence-electron chi connectivity index (χ0n) is 24.7. The molecule has 2 aliphatic heterocycles. The van der Waals surface area contributed by atoms with E-state index in [9.17, 15) is 14.4 Å². The predicted molar refractivity (Wildman–Crippen MR) is 167 cm³/mol. The summed E-state index contributed by atoms with van der Waals surface area (Å²) in [5.41, 5.74) is 3.25. The smallest absolute Gasteiger partial charge is 0.257 e. The summed E-state index contributed by atoms with van der Waals surface area (Å²) in [4.78, 5) is 51.7. The van der Waals surface area contributed by atoms with E-state index in [2.05, 4.69) is 20.6 Å². The van der Waals surface area contributed by atoms with Gasteiger partial charge in [-0.2, -0.15) is 0 Å². The number of carbonyl (C=O) groups is 3. The van der Waals surface area contributed by atoms with Gasteiger partial charge in [-0.05, 0) is 87.6 Å². The molecule has 226 valence electrons. The molecular weight excluding hydrogens is 558 g/mol. The lowest BCUT2D eigenvalue weighted by atomic mass is 10.1. The number of nitrogens with zero attached hydrogens (tertiary/aromatic N) is 5. The second-order valence-electron chi connectivity index (χ2n) is 11.1. The molecule has 2 fully saturated rings. The highest BCUT2D eigenvalue weighted by Crippen LogP contribution is 2.23. The van der Waals surface area contributed by atoms with Gasteiger partial charge in [-0.15, -0.1) is 0 Å². The van der Waals surface area contributed by atoms with Gasteiger partial charge in [0.1, 0.15) is 17.9 Å². The van der Waals surface area contributed by atoms with Gasteiger partial charge < -0.3 is 24.1 Å². The number of aryl methyl sites for hydroxylation is 1. The number of benzene rings is 2. The molecule has 2 N–H and O–H groups in total. The quantitative estimate of drug-likeness (QED) is 0.191. The van der Waals surface area contributed by atoms with Gasteiger partial charge >= 0.3 is 0 Å². The Balaban J connectivity index is 1.24. The van der Waals surface area contributed by atoms with E-state index < -0.39 is 0 Å². The average molecular weight is 594 g/mol. The summed E-state index contributed by atoms with van der Waals surface area (Å²) in [6, 6.07) is 14.6. The number of likely N-dealkylation sites (tertiary alicyclic amines) is 2. The summed E-state index contributed by atoms with van der Waals surface area (Å²) in [7, 11) is 0. The molecule has 3 amide bonds. The average Bonchev–Trinajstić information content (AvgIpc) is 3.80. The summed E-state index contributed by atoms with van der Waals surface area (Å²) in [6.07, 6.45) is 10.9. The number of fused-ring (bicyclic) bond motifs is 1. The van der Waals surface area contributed by atoms with E-state index in [1.165, 1.54) is 6.20 Å². The van der Waals surface area contributed by atoms with E-state index in [0.29, 0.717) is 29.8 Å². The van der Waals surface area contributed by atoms with Crippen LogP contribution in [-0.4, -0.2) is 69.2 Å². The fourth-order valence-corrected chi connectivity index (χ4v) is 5.54. The highest BCUT2D eigenvalue weighted by Gasteiger charge is 2.26. The Bertz CT molecular complexity index is 1710. The van der Waals surface area contributed by atoms with Gasteiger partial charge in [0.25, 0.3) is 11.8 Å². The largest absolute Gasteiger partial charge is 0.461 e. The van der Waals surface area contributed by atoms with Crippen LogP contribution in [0.1, 0.15) is 48.2 Å². The molecule has 0 atom stereocenters. The molecule has 6 rings (SSSR count). The molecule has 2 aromatic heterocycles. The van der Waals surface area contributed by atoms with Gasteiger partial charge in [0.05, 0.1) is 6.33 Å². The van der Waals surface area contributed by atoms with E-state index in [1.54, 1.807) is 29.6 Å². The first-order valence-electron chi connectivity index (χ1n) is 14.9. The Morgan fingerprint density at radius 3 is 2.59 bits per heavy atom. The lowest BCUT2D eigenvalue weighted by molar-refractivity contribution is -0.137. The van der Waals surface area contributed by atoms with E-state index in [0.717, 1.165) is 61.2 Å². The second-order valence-corrected chi connectivity index (χ2v) is 11.1. The third-order valence-electron chi connectivity index (χ3n) is 7.89. The number of amides is 3. The highest BCUT2D eigenvalue weighted by atomic mass is 16.3. The molecule has 11 heteroatoms. The lowest BCUT2D eigenvalue weighted by Crippen LogP contribution is -2.42. The Labute approximate surface area is 255 Å².